The van der Waals surface area contributed by atoms with Crippen LogP contribution in [0.5, 0.6) is 0 Å². The fourth-order valence-corrected chi connectivity index (χ4v) is 5.41. The quantitative estimate of drug-likeness (QED) is 0.510. The van der Waals surface area contributed by atoms with Gasteiger partial charge >= 0.3 is 0 Å². The third-order valence-corrected chi connectivity index (χ3v) is 7.67. The number of piperidine rings is 1. The number of nitrogens with zero attached hydrogens (tertiary/aromatic N) is 4. The van der Waals surface area contributed by atoms with Crippen molar-refractivity contribution >= 4 is 34.9 Å². The smallest absolute Gasteiger partial charge is 0.290 e. The highest BCUT2D eigenvalue weighted by atomic mass is 35.5. The molecular formula is C28H30ClFN4O3. The maximum atomic E-state index is 13.4. The van der Waals surface area contributed by atoms with Gasteiger partial charge in [0.1, 0.15) is 5.82 Å². The first-order chi connectivity index (χ1) is 17.7. The Balaban J connectivity index is 1.46. The number of likely N-dealkylation sites (N-methyl/N-ethyl adjacent to an activating group) is 2. The second kappa shape index (κ2) is 11.3. The van der Waals surface area contributed by atoms with E-state index in [2.05, 4.69) is 0 Å². The van der Waals surface area contributed by atoms with Gasteiger partial charge in [0.15, 0.2) is 0 Å². The van der Waals surface area contributed by atoms with Gasteiger partial charge in [-0.1, -0.05) is 23.7 Å². The summed E-state index contributed by atoms with van der Waals surface area (Å²) in [5.41, 5.74) is 2.76. The van der Waals surface area contributed by atoms with Gasteiger partial charge in [-0.2, -0.15) is 5.26 Å². The molecular weight excluding hydrogens is 495 g/mol. The molecule has 2 heterocycles. The van der Waals surface area contributed by atoms with Crippen LogP contribution in [0.2, 0.25) is 5.02 Å². The monoisotopic (exact) mass is 524 g/mol. The molecule has 0 N–H and O–H groups in total. The van der Waals surface area contributed by atoms with Crippen LogP contribution in [0.3, 0.4) is 0 Å². The van der Waals surface area contributed by atoms with E-state index < -0.39 is 17.6 Å². The van der Waals surface area contributed by atoms with Gasteiger partial charge in [0.2, 0.25) is 5.78 Å². The second-order valence-corrected chi connectivity index (χ2v) is 10.3. The number of Topliss-reactive ketones (excluding diaryl/α,β-unsaturated/α-hetero) is 1. The number of benzene rings is 2. The summed E-state index contributed by atoms with van der Waals surface area (Å²) in [5, 5.41) is 9.09. The molecule has 2 aromatic carbocycles. The second-order valence-electron chi connectivity index (χ2n) is 9.89. The fourth-order valence-electron chi connectivity index (χ4n) is 5.17. The van der Waals surface area contributed by atoms with Crippen LogP contribution < -0.4 is 4.90 Å². The van der Waals surface area contributed by atoms with Crippen molar-refractivity contribution in [2.45, 2.75) is 31.6 Å². The average Bonchev–Trinajstić information content (AvgIpc) is 3.22. The van der Waals surface area contributed by atoms with Gasteiger partial charge in [-0.3, -0.25) is 14.4 Å². The highest BCUT2D eigenvalue weighted by molar-refractivity contribution is 6.39. The van der Waals surface area contributed by atoms with E-state index in [1.807, 2.05) is 18.0 Å². The minimum atomic E-state index is -0.706. The van der Waals surface area contributed by atoms with Crippen LogP contribution in [0.25, 0.3) is 0 Å². The van der Waals surface area contributed by atoms with Gasteiger partial charge in [0.05, 0.1) is 29.0 Å². The number of amides is 2. The van der Waals surface area contributed by atoms with Crippen LogP contribution in [-0.4, -0.2) is 67.7 Å². The van der Waals surface area contributed by atoms with E-state index in [4.69, 9.17) is 16.9 Å². The molecule has 1 fully saturated rings. The minimum Gasteiger partial charge on any atom is -0.373 e. The molecule has 1 unspecified atom stereocenters. The number of hydrogen-bond donors (Lipinski definition) is 0. The van der Waals surface area contributed by atoms with Gasteiger partial charge in [0.25, 0.3) is 11.8 Å². The molecule has 2 aliphatic heterocycles. The zero-order valence-electron chi connectivity index (χ0n) is 21.0. The summed E-state index contributed by atoms with van der Waals surface area (Å²) in [7, 11) is 3.33. The highest BCUT2D eigenvalue weighted by Crippen LogP contribution is 2.40. The third-order valence-electron chi connectivity index (χ3n) is 7.36. The molecule has 7 nitrogen and oxygen atoms in total. The van der Waals surface area contributed by atoms with Gasteiger partial charge < -0.3 is 14.7 Å². The Bertz CT molecular complexity index is 1240. The lowest BCUT2D eigenvalue weighted by Gasteiger charge is -2.32. The molecule has 0 aliphatic carbocycles. The minimum absolute atomic E-state index is 0.144. The number of hydrogen-bond acceptors (Lipinski definition) is 5. The van der Waals surface area contributed by atoms with E-state index in [0.717, 1.165) is 30.5 Å². The van der Waals surface area contributed by atoms with Crippen molar-refractivity contribution in [2.75, 3.05) is 45.2 Å². The molecule has 37 heavy (non-hydrogen) atoms. The molecule has 0 spiro atoms. The van der Waals surface area contributed by atoms with Gasteiger partial charge in [-0.25, -0.2) is 4.39 Å². The van der Waals surface area contributed by atoms with E-state index in [0.29, 0.717) is 41.7 Å². The number of carbonyl (C=O) groups is 3. The van der Waals surface area contributed by atoms with Crippen molar-refractivity contribution in [3.8, 4) is 6.07 Å². The van der Waals surface area contributed by atoms with Crippen LogP contribution in [0.15, 0.2) is 36.4 Å². The zero-order chi connectivity index (χ0) is 26.7. The van der Waals surface area contributed by atoms with Crippen molar-refractivity contribution in [2.24, 2.45) is 5.92 Å². The van der Waals surface area contributed by atoms with E-state index in [1.54, 1.807) is 29.2 Å². The normalized spacial score (nSPS) is 17.3. The first kappa shape index (κ1) is 26.6. The molecule has 9 heteroatoms. The van der Waals surface area contributed by atoms with Crippen molar-refractivity contribution in [3.63, 3.8) is 0 Å². The average molecular weight is 525 g/mol. The summed E-state index contributed by atoms with van der Waals surface area (Å²) in [5.74, 6) is -1.94. The Labute approximate surface area is 221 Å². The van der Waals surface area contributed by atoms with Crippen LogP contribution in [-0.2, 0) is 16.0 Å². The summed E-state index contributed by atoms with van der Waals surface area (Å²) < 4.78 is 13.2. The zero-order valence-corrected chi connectivity index (χ0v) is 21.8. The number of fused-ring (bicyclic) bond motifs is 1. The SMILES string of the molecule is CN(CCC#N)C(=O)C(=O)C1CN(C)c2cc(Cl)c(C(=O)N3CCC(Cc4ccc(F)cc4)CC3)cc21. The molecule has 0 radical (unpaired) electrons. The Morgan fingerprint density at radius 3 is 2.49 bits per heavy atom. The maximum absolute atomic E-state index is 13.4. The summed E-state index contributed by atoms with van der Waals surface area (Å²) in [4.78, 5) is 44.1. The summed E-state index contributed by atoms with van der Waals surface area (Å²) in [6.07, 6.45) is 2.65. The molecule has 0 saturated carbocycles. The summed E-state index contributed by atoms with van der Waals surface area (Å²) in [6, 6.07) is 11.9. The summed E-state index contributed by atoms with van der Waals surface area (Å²) >= 11 is 6.54. The number of likely N-dealkylation sites (tertiary alicyclic amines) is 1. The number of rotatable bonds is 7. The molecule has 1 saturated heterocycles. The highest BCUT2D eigenvalue weighted by Gasteiger charge is 2.38. The number of anilines is 1. The largest absolute Gasteiger partial charge is 0.373 e. The number of nitriles is 1. The third kappa shape index (κ3) is 5.78. The summed E-state index contributed by atoms with van der Waals surface area (Å²) in [6.45, 7) is 1.66. The molecule has 2 aliphatic rings. The van der Waals surface area contributed by atoms with E-state index in [9.17, 15) is 18.8 Å². The van der Waals surface area contributed by atoms with Crippen LogP contribution >= 0.6 is 11.6 Å². The van der Waals surface area contributed by atoms with Crippen LogP contribution in [0.4, 0.5) is 10.1 Å². The van der Waals surface area contributed by atoms with Crippen LogP contribution in [0.1, 0.15) is 46.7 Å². The standard InChI is InChI=1S/C28H30ClFN4O3/c1-32(11-3-10-31)28(37)26(35)23-17-33(2)25-16-24(29)22(15-21(23)25)27(36)34-12-8-19(9-13-34)14-18-4-6-20(30)7-5-18/h4-7,15-16,19,23H,3,8-9,11-14,17H2,1-2H3. The number of ketones is 1. The fraction of sp³-hybridized carbons (Fsp3) is 0.429. The Morgan fingerprint density at radius 1 is 1.16 bits per heavy atom. The van der Waals surface area contributed by atoms with Crippen molar-refractivity contribution in [1.29, 1.82) is 5.26 Å². The van der Waals surface area contributed by atoms with E-state index in [1.165, 1.54) is 24.1 Å². The van der Waals surface area contributed by atoms with Gasteiger partial charge in [-0.15, -0.1) is 0 Å². The van der Waals surface area contributed by atoms with Gasteiger partial charge in [-0.05, 0) is 60.6 Å². The molecule has 194 valence electrons. The first-order valence-electron chi connectivity index (χ1n) is 12.4. The first-order valence-corrected chi connectivity index (χ1v) is 12.8. The lowest BCUT2D eigenvalue weighted by Crippen LogP contribution is -2.39. The van der Waals surface area contributed by atoms with Crippen molar-refractivity contribution < 1.29 is 18.8 Å². The topological polar surface area (TPSA) is 84.7 Å². The Hall–Kier alpha value is -3.44. The van der Waals surface area contributed by atoms with Gasteiger partial charge in [0, 0.05) is 46.0 Å². The molecule has 0 bridgehead atoms. The number of carbonyl (C=O) groups excluding carboxylic acids is 3. The Kier molecular flexibility index (Phi) is 8.13. The molecule has 0 aromatic heterocycles. The molecule has 4 rings (SSSR count). The predicted octanol–water partition coefficient (Wildman–Crippen LogP) is 4.05. The van der Waals surface area contributed by atoms with E-state index >= 15 is 0 Å². The molecule has 1 atom stereocenters. The van der Waals surface area contributed by atoms with Crippen molar-refractivity contribution in [3.05, 3.63) is 63.9 Å². The van der Waals surface area contributed by atoms with E-state index in [-0.39, 0.29) is 24.7 Å². The lowest BCUT2D eigenvalue weighted by molar-refractivity contribution is -0.144. The lowest BCUT2D eigenvalue weighted by atomic mass is 9.89. The molecule has 2 amide bonds. The Morgan fingerprint density at radius 2 is 1.84 bits per heavy atom. The van der Waals surface area contributed by atoms with Crippen molar-refractivity contribution in [1.82, 2.24) is 9.80 Å². The molecule has 2 aromatic rings. The number of halogens is 2. The predicted molar refractivity (Wildman–Crippen MR) is 139 cm³/mol. The maximum Gasteiger partial charge on any atom is 0.290 e. The van der Waals surface area contributed by atoms with Crippen LogP contribution in [0, 0.1) is 23.1 Å².